The molecule has 2 aromatic carbocycles. The van der Waals surface area contributed by atoms with Crippen LogP contribution >= 0.6 is 23.2 Å². The molecule has 0 fully saturated rings. The summed E-state index contributed by atoms with van der Waals surface area (Å²) in [5.74, 6) is 1.02. The second kappa shape index (κ2) is 7.20. The maximum Gasteiger partial charge on any atom is 0.106 e. The molecule has 0 unspecified atom stereocenters. The molecule has 0 aliphatic carbocycles. The van der Waals surface area contributed by atoms with Gasteiger partial charge in [-0.15, -0.1) is 0 Å². The number of halogens is 2. The van der Waals surface area contributed by atoms with E-state index in [1.807, 2.05) is 24.4 Å². The smallest absolute Gasteiger partial charge is 0.106 e. The van der Waals surface area contributed by atoms with Gasteiger partial charge in [0, 0.05) is 24.7 Å². The summed E-state index contributed by atoms with van der Waals surface area (Å²) < 4.78 is 0. The average molecular weight is 345 g/mol. The van der Waals surface area contributed by atoms with Gasteiger partial charge in [-0.25, -0.2) is 4.98 Å². The van der Waals surface area contributed by atoms with E-state index >= 15 is 0 Å². The van der Waals surface area contributed by atoms with E-state index in [1.54, 1.807) is 0 Å². The molecule has 118 valence electrons. The minimum Gasteiger partial charge on any atom is -0.346 e. The lowest BCUT2D eigenvalue weighted by atomic mass is 10.0. The first kappa shape index (κ1) is 16.1. The molecule has 3 rings (SSSR count). The van der Waals surface area contributed by atoms with Crippen molar-refractivity contribution < 1.29 is 0 Å². The van der Waals surface area contributed by atoms with Crippen molar-refractivity contribution in [2.24, 2.45) is 0 Å². The van der Waals surface area contributed by atoms with Gasteiger partial charge in [0.25, 0.3) is 0 Å². The summed E-state index contributed by atoms with van der Waals surface area (Å²) in [7, 11) is 0. The van der Waals surface area contributed by atoms with Crippen LogP contribution in [-0.2, 0) is 19.3 Å². The molecule has 0 aliphatic rings. The molecule has 4 heteroatoms. The quantitative estimate of drug-likeness (QED) is 0.659. The van der Waals surface area contributed by atoms with Crippen LogP contribution in [0.3, 0.4) is 0 Å². The predicted octanol–water partition coefficient (Wildman–Crippen LogP) is 5.40. The molecule has 1 N–H and O–H groups in total. The fourth-order valence-corrected chi connectivity index (χ4v) is 2.96. The normalized spacial score (nSPS) is 10.9. The maximum absolute atomic E-state index is 6.06. The van der Waals surface area contributed by atoms with E-state index in [9.17, 15) is 0 Å². The summed E-state index contributed by atoms with van der Waals surface area (Å²) in [5, 5.41) is 1.17. The fraction of sp³-hybridized carbons (Fsp3) is 0.211. The Morgan fingerprint density at radius 3 is 2.61 bits per heavy atom. The first-order valence-electron chi connectivity index (χ1n) is 7.63. The average Bonchev–Trinajstić information content (AvgIpc) is 2.98. The third-order valence-corrected chi connectivity index (χ3v) is 4.69. The summed E-state index contributed by atoms with van der Waals surface area (Å²) in [6.45, 7) is 2.15. The third kappa shape index (κ3) is 4.15. The molecule has 1 heterocycles. The zero-order valence-electron chi connectivity index (χ0n) is 12.9. The Bertz CT molecular complexity index is 809. The van der Waals surface area contributed by atoms with Crippen LogP contribution in [0.25, 0.3) is 0 Å². The van der Waals surface area contributed by atoms with Gasteiger partial charge >= 0.3 is 0 Å². The molecule has 0 atom stereocenters. The highest BCUT2D eigenvalue weighted by Crippen LogP contribution is 2.23. The molecule has 3 aromatic rings. The minimum absolute atomic E-state index is 0.582. The van der Waals surface area contributed by atoms with Gasteiger partial charge in [0.15, 0.2) is 0 Å². The molecule has 0 amide bonds. The minimum atomic E-state index is 0.582. The van der Waals surface area contributed by atoms with Gasteiger partial charge in [0.2, 0.25) is 0 Å². The van der Waals surface area contributed by atoms with Crippen molar-refractivity contribution in [1.82, 2.24) is 9.97 Å². The summed E-state index contributed by atoms with van der Waals surface area (Å²) >= 11 is 12.0. The monoisotopic (exact) mass is 344 g/mol. The third-order valence-electron chi connectivity index (χ3n) is 3.95. The van der Waals surface area contributed by atoms with E-state index in [4.69, 9.17) is 23.2 Å². The van der Waals surface area contributed by atoms with E-state index in [-0.39, 0.29) is 0 Å². The highest BCUT2D eigenvalue weighted by atomic mass is 35.5. The second-order valence-corrected chi connectivity index (χ2v) is 6.52. The molecular weight excluding hydrogens is 327 g/mol. The molecule has 0 bridgehead atoms. The van der Waals surface area contributed by atoms with E-state index in [0.29, 0.717) is 10.0 Å². The van der Waals surface area contributed by atoms with Crippen LogP contribution in [0, 0.1) is 6.92 Å². The standard InChI is InChI=1S/C19H18Cl2N2/c1-13-4-2-3-5-15(13)7-9-19-22-12-16(23-19)10-14-6-8-17(20)18(21)11-14/h2-6,8,11-12H,7,9-10H2,1H3,(H,22,23). The largest absolute Gasteiger partial charge is 0.346 e. The first-order chi connectivity index (χ1) is 11.1. The number of aryl methyl sites for hydroxylation is 3. The zero-order chi connectivity index (χ0) is 16.2. The second-order valence-electron chi connectivity index (χ2n) is 5.71. The van der Waals surface area contributed by atoms with Crippen LogP contribution in [0.1, 0.15) is 28.2 Å². The SMILES string of the molecule is Cc1ccccc1CCc1ncc(Cc2ccc(Cl)c(Cl)c2)[nH]1. The highest BCUT2D eigenvalue weighted by molar-refractivity contribution is 6.42. The Kier molecular flexibility index (Phi) is 5.04. The van der Waals surface area contributed by atoms with Crippen molar-refractivity contribution in [2.45, 2.75) is 26.2 Å². The van der Waals surface area contributed by atoms with Crippen LogP contribution in [0.15, 0.2) is 48.7 Å². The summed E-state index contributed by atoms with van der Waals surface area (Å²) in [6.07, 6.45) is 4.57. The van der Waals surface area contributed by atoms with Crippen molar-refractivity contribution >= 4 is 23.2 Å². The van der Waals surface area contributed by atoms with Crippen molar-refractivity contribution in [3.05, 3.63) is 86.9 Å². The summed E-state index contributed by atoms with van der Waals surface area (Å²) in [6, 6.07) is 14.2. The van der Waals surface area contributed by atoms with Gasteiger partial charge in [0.05, 0.1) is 10.0 Å². The molecule has 0 saturated carbocycles. The fourth-order valence-electron chi connectivity index (χ4n) is 2.64. The molecule has 23 heavy (non-hydrogen) atoms. The number of hydrogen-bond donors (Lipinski definition) is 1. The van der Waals surface area contributed by atoms with Gasteiger partial charge in [-0.2, -0.15) is 0 Å². The van der Waals surface area contributed by atoms with Gasteiger partial charge in [-0.05, 0) is 42.2 Å². The van der Waals surface area contributed by atoms with Gasteiger partial charge in [-0.1, -0.05) is 53.5 Å². The maximum atomic E-state index is 6.06. The van der Waals surface area contributed by atoms with Gasteiger partial charge in [-0.3, -0.25) is 0 Å². The van der Waals surface area contributed by atoms with E-state index in [1.165, 1.54) is 11.1 Å². The molecule has 2 nitrogen and oxygen atoms in total. The Morgan fingerprint density at radius 1 is 1.00 bits per heavy atom. The number of hydrogen-bond acceptors (Lipinski definition) is 1. The van der Waals surface area contributed by atoms with Crippen LogP contribution in [0.2, 0.25) is 10.0 Å². The van der Waals surface area contributed by atoms with E-state index in [2.05, 4.69) is 41.2 Å². The lowest BCUT2D eigenvalue weighted by Gasteiger charge is -2.04. The van der Waals surface area contributed by atoms with Crippen LogP contribution in [-0.4, -0.2) is 9.97 Å². The van der Waals surface area contributed by atoms with Crippen LogP contribution in [0.4, 0.5) is 0 Å². The Labute approximate surface area is 146 Å². The van der Waals surface area contributed by atoms with Gasteiger partial charge < -0.3 is 4.98 Å². The number of imidazole rings is 1. The number of benzene rings is 2. The van der Waals surface area contributed by atoms with Crippen molar-refractivity contribution in [1.29, 1.82) is 0 Å². The van der Waals surface area contributed by atoms with Gasteiger partial charge in [0.1, 0.15) is 5.82 Å². The number of rotatable bonds is 5. The highest BCUT2D eigenvalue weighted by Gasteiger charge is 2.05. The van der Waals surface area contributed by atoms with Crippen molar-refractivity contribution in [2.75, 3.05) is 0 Å². The molecular formula is C19H18Cl2N2. The number of aromatic nitrogens is 2. The van der Waals surface area contributed by atoms with Crippen LogP contribution in [0.5, 0.6) is 0 Å². The summed E-state index contributed by atoms with van der Waals surface area (Å²) in [4.78, 5) is 7.88. The van der Waals surface area contributed by atoms with Crippen LogP contribution < -0.4 is 0 Å². The molecule has 0 saturated heterocycles. The lowest BCUT2D eigenvalue weighted by molar-refractivity contribution is 0.872. The molecule has 1 aromatic heterocycles. The predicted molar refractivity (Wildman–Crippen MR) is 96.4 cm³/mol. The van der Waals surface area contributed by atoms with Crippen molar-refractivity contribution in [3.63, 3.8) is 0 Å². The molecule has 0 spiro atoms. The zero-order valence-corrected chi connectivity index (χ0v) is 14.5. The summed E-state index contributed by atoms with van der Waals surface area (Å²) in [5.41, 5.74) is 4.90. The number of nitrogens with one attached hydrogen (secondary N) is 1. The number of H-pyrrole nitrogens is 1. The number of nitrogens with zero attached hydrogens (tertiary/aromatic N) is 1. The lowest BCUT2D eigenvalue weighted by Crippen LogP contribution is -1.96. The van der Waals surface area contributed by atoms with E-state index in [0.717, 1.165) is 36.3 Å². The number of aromatic amines is 1. The molecule has 0 aliphatic heterocycles. The Morgan fingerprint density at radius 2 is 1.83 bits per heavy atom. The molecule has 0 radical (unpaired) electrons. The van der Waals surface area contributed by atoms with Crippen molar-refractivity contribution in [3.8, 4) is 0 Å². The van der Waals surface area contributed by atoms with E-state index < -0.39 is 0 Å². The Balaban J connectivity index is 1.64. The topological polar surface area (TPSA) is 28.7 Å². The Hall–Kier alpha value is -1.77. The first-order valence-corrected chi connectivity index (χ1v) is 8.38.